The molecule has 0 radical (unpaired) electrons. The summed E-state index contributed by atoms with van der Waals surface area (Å²) in [4.78, 5) is 0. The smallest absolute Gasteiger partial charge is 0.143 e. The van der Waals surface area contributed by atoms with Crippen molar-refractivity contribution in [2.45, 2.75) is 32.2 Å². The summed E-state index contributed by atoms with van der Waals surface area (Å²) >= 11 is 0. The second-order valence-electron chi connectivity index (χ2n) is 4.47. The zero-order chi connectivity index (χ0) is 11.5. The number of halogens is 1. The largest absolute Gasteiger partial charge is 0.382 e. The van der Waals surface area contributed by atoms with Gasteiger partial charge in [0.25, 0.3) is 0 Å². The highest BCUT2D eigenvalue weighted by Crippen LogP contribution is 2.28. The van der Waals surface area contributed by atoms with Crippen LogP contribution in [0.2, 0.25) is 0 Å². The highest BCUT2D eigenvalue weighted by Gasteiger charge is 2.23. The SMILES string of the molecule is CC1CCCC1Nc1ccc(C#N)c(F)c1. The summed E-state index contributed by atoms with van der Waals surface area (Å²) in [7, 11) is 0. The van der Waals surface area contributed by atoms with E-state index in [9.17, 15) is 4.39 Å². The molecule has 1 aliphatic rings. The average Bonchev–Trinajstić information content (AvgIpc) is 2.65. The van der Waals surface area contributed by atoms with Gasteiger partial charge in [0.05, 0.1) is 5.56 Å². The van der Waals surface area contributed by atoms with Crippen molar-refractivity contribution in [3.8, 4) is 6.07 Å². The third kappa shape index (κ3) is 2.16. The molecule has 1 saturated carbocycles. The molecule has 0 aliphatic heterocycles. The average molecular weight is 218 g/mol. The van der Waals surface area contributed by atoms with E-state index in [1.54, 1.807) is 6.07 Å². The fourth-order valence-electron chi connectivity index (χ4n) is 2.27. The molecule has 2 atom stereocenters. The van der Waals surface area contributed by atoms with Crippen molar-refractivity contribution in [3.05, 3.63) is 29.6 Å². The topological polar surface area (TPSA) is 35.8 Å². The number of nitrogens with one attached hydrogen (secondary N) is 1. The van der Waals surface area contributed by atoms with Crippen molar-refractivity contribution in [1.82, 2.24) is 0 Å². The van der Waals surface area contributed by atoms with Crippen molar-refractivity contribution >= 4 is 5.69 Å². The summed E-state index contributed by atoms with van der Waals surface area (Å²) in [6, 6.07) is 6.96. The van der Waals surface area contributed by atoms with Gasteiger partial charge in [-0.1, -0.05) is 13.3 Å². The molecule has 3 heteroatoms. The van der Waals surface area contributed by atoms with Crippen molar-refractivity contribution in [3.63, 3.8) is 0 Å². The van der Waals surface area contributed by atoms with Gasteiger partial charge in [-0.25, -0.2) is 4.39 Å². The van der Waals surface area contributed by atoms with E-state index in [0.717, 1.165) is 12.1 Å². The van der Waals surface area contributed by atoms with Crippen LogP contribution < -0.4 is 5.32 Å². The standard InChI is InChI=1S/C13H15FN2/c1-9-3-2-4-13(9)16-11-6-5-10(8-15)12(14)7-11/h5-7,9,13,16H,2-4H2,1H3. The summed E-state index contributed by atoms with van der Waals surface area (Å²) in [5.41, 5.74) is 0.875. The fraction of sp³-hybridized carbons (Fsp3) is 0.462. The Morgan fingerprint density at radius 2 is 2.25 bits per heavy atom. The second kappa shape index (κ2) is 4.52. The van der Waals surface area contributed by atoms with Gasteiger partial charge < -0.3 is 5.32 Å². The maximum Gasteiger partial charge on any atom is 0.143 e. The van der Waals surface area contributed by atoms with Gasteiger partial charge in [0.2, 0.25) is 0 Å². The molecule has 0 aromatic heterocycles. The number of nitriles is 1. The Bertz CT molecular complexity index is 422. The lowest BCUT2D eigenvalue weighted by Crippen LogP contribution is -2.21. The van der Waals surface area contributed by atoms with Crippen molar-refractivity contribution in [2.75, 3.05) is 5.32 Å². The molecule has 0 saturated heterocycles. The molecule has 84 valence electrons. The molecular weight excluding hydrogens is 203 g/mol. The van der Waals surface area contributed by atoms with Crippen molar-refractivity contribution in [1.29, 1.82) is 5.26 Å². The summed E-state index contributed by atoms with van der Waals surface area (Å²) < 4.78 is 13.4. The van der Waals surface area contributed by atoms with E-state index in [-0.39, 0.29) is 5.56 Å². The zero-order valence-corrected chi connectivity index (χ0v) is 9.33. The first-order chi connectivity index (χ1) is 7.70. The Balaban J connectivity index is 2.11. The van der Waals surface area contributed by atoms with Crippen LogP contribution in [0, 0.1) is 23.1 Å². The molecule has 2 nitrogen and oxygen atoms in total. The first-order valence-electron chi connectivity index (χ1n) is 5.67. The lowest BCUT2D eigenvalue weighted by Gasteiger charge is -2.18. The van der Waals surface area contributed by atoms with Crippen molar-refractivity contribution < 1.29 is 4.39 Å². The number of hydrogen-bond donors (Lipinski definition) is 1. The van der Waals surface area contributed by atoms with Crippen LogP contribution >= 0.6 is 0 Å². The molecule has 1 fully saturated rings. The van der Waals surface area contributed by atoms with Gasteiger partial charge in [-0.05, 0) is 37.0 Å². The molecule has 16 heavy (non-hydrogen) atoms. The number of anilines is 1. The minimum Gasteiger partial charge on any atom is -0.382 e. The summed E-state index contributed by atoms with van der Waals surface area (Å²) in [5.74, 6) is 0.192. The Morgan fingerprint density at radius 1 is 1.44 bits per heavy atom. The van der Waals surface area contributed by atoms with Crippen LogP contribution in [-0.2, 0) is 0 Å². The van der Waals surface area contributed by atoms with E-state index >= 15 is 0 Å². The van der Waals surface area contributed by atoms with Crippen LogP contribution in [0.15, 0.2) is 18.2 Å². The van der Waals surface area contributed by atoms with Gasteiger partial charge in [0.1, 0.15) is 11.9 Å². The molecule has 1 aromatic carbocycles. The van der Waals surface area contributed by atoms with E-state index in [1.807, 2.05) is 6.07 Å². The highest BCUT2D eigenvalue weighted by atomic mass is 19.1. The lowest BCUT2D eigenvalue weighted by atomic mass is 10.1. The molecule has 0 bridgehead atoms. The van der Waals surface area contributed by atoms with Crippen LogP contribution in [-0.4, -0.2) is 6.04 Å². The number of hydrogen-bond acceptors (Lipinski definition) is 2. The normalized spacial score (nSPS) is 24.1. The third-order valence-electron chi connectivity index (χ3n) is 3.30. The summed E-state index contributed by atoms with van der Waals surface area (Å²) in [5, 5.41) is 12.0. The molecule has 0 amide bonds. The maximum atomic E-state index is 13.4. The molecule has 1 aliphatic carbocycles. The fourth-order valence-corrected chi connectivity index (χ4v) is 2.27. The monoisotopic (exact) mass is 218 g/mol. The van der Waals surface area contributed by atoms with E-state index in [2.05, 4.69) is 12.2 Å². The molecule has 0 heterocycles. The van der Waals surface area contributed by atoms with Gasteiger partial charge >= 0.3 is 0 Å². The van der Waals surface area contributed by atoms with Crippen LogP contribution in [0.1, 0.15) is 31.7 Å². The third-order valence-corrected chi connectivity index (χ3v) is 3.30. The van der Waals surface area contributed by atoms with E-state index in [4.69, 9.17) is 5.26 Å². The lowest BCUT2D eigenvalue weighted by molar-refractivity contribution is 0.555. The van der Waals surface area contributed by atoms with Crippen molar-refractivity contribution in [2.24, 2.45) is 5.92 Å². The van der Waals surface area contributed by atoms with Crippen LogP contribution in [0.5, 0.6) is 0 Å². The minimum atomic E-state index is -0.446. The molecule has 0 spiro atoms. The van der Waals surface area contributed by atoms with Crippen LogP contribution in [0.25, 0.3) is 0 Å². The highest BCUT2D eigenvalue weighted by molar-refractivity contribution is 5.48. The predicted octanol–water partition coefficient (Wildman–Crippen LogP) is 3.30. The van der Waals surface area contributed by atoms with Gasteiger partial charge in [0.15, 0.2) is 0 Å². The Morgan fingerprint density at radius 3 is 2.81 bits per heavy atom. The molecule has 1 N–H and O–H groups in total. The predicted molar refractivity (Wildman–Crippen MR) is 61.5 cm³/mol. The van der Waals surface area contributed by atoms with Crippen LogP contribution in [0.4, 0.5) is 10.1 Å². The Kier molecular flexibility index (Phi) is 3.09. The summed E-state index contributed by atoms with van der Waals surface area (Å²) in [6.07, 6.45) is 3.61. The molecule has 2 unspecified atom stereocenters. The zero-order valence-electron chi connectivity index (χ0n) is 9.33. The maximum absolute atomic E-state index is 13.4. The first kappa shape index (κ1) is 10.9. The number of rotatable bonds is 2. The van der Waals surface area contributed by atoms with Gasteiger partial charge in [0, 0.05) is 11.7 Å². The quantitative estimate of drug-likeness (QED) is 0.826. The summed E-state index contributed by atoms with van der Waals surface area (Å²) in [6.45, 7) is 2.21. The number of benzene rings is 1. The Hall–Kier alpha value is -1.56. The van der Waals surface area contributed by atoms with Gasteiger partial charge in [-0.2, -0.15) is 5.26 Å². The minimum absolute atomic E-state index is 0.102. The van der Waals surface area contributed by atoms with E-state index in [0.29, 0.717) is 12.0 Å². The first-order valence-corrected chi connectivity index (χ1v) is 5.67. The van der Waals surface area contributed by atoms with Gasteiger partial charge in [-0.15, -0.1) is 0 Å². The Labute approximate surface area is 95.1 Å². The molecule has 1 aromatic rings. The van der Waals surface area contributed by atoms with E-state index in [1.165, 1.54) is 25.0 Å². The van der Waals surface area contributed by atoms with Gasteiger partial charge in [-0.3, -0.25) is 0 Å². The molecule has 2 rings (SSSR count). The second-order valence-corrected chi connectivity index (χ2v) is 4.47. The van der Waals surface area contributed by atoms with E-state index < -0.39 is 5.82 Å². The van der Waals surface area contributed by atoms with Crippen LogP contribution in [0.3, 0.4) is 0 Å². The molecular formula is C13H15FN2. The number of nitrogens with zero attached hydrogens (tertiary/aromatic N) is 1.